The van der Waals surface area contributed by atoms with Crippen molar-refractivity contribution in [3.63, 3.8) is 0 Å². The predicted molar refractivity (Wildman–Crippen MR) is 81.3 cm³/mol. The Kier molecular flexibility index (Phi) is 4.85. The van der Waals surface area contributed by atoms with E-state index in [1.54, 1.807) is 0 Å². The molecule has 102 valence electrons. The molecule has 2 nitrogen and oxygen atoms in total. The smallest absolute Gasteiger partial charge is 0.128 e. The number of hydrogen-bond acceptors (Lipinski definition) is 2. The highest BCUT2D eigenvalue weighted by Crippen LogP contribution is 2.25. The van der Waals surface area contributed by atoms with E-state index in [-0.39, 0.29) is 0 Å². The summed E-state index contributed by atoms with van der Waals surface area (Å²) < 4.78 is 0. The van der Waals surface area contributed by atoms with Crippen LogP contribution in [0.2, 0.25) is 0 Å². The van der Waals surface area contributed by atoms with Crippen LogP contribution in [0.1, 0.15) is 51.0 Å². The molecular weight excluding hydrogens is 232 g/mol. The molecule has 0 aromatic carbocycles. The van der Waals surface area contributed by atoms with Crippen molar-refractivity contribution in [1.82, 2.24) is 4.98 Å². The van der Waals surface area contributed by atoms with E-state index >= 15 is 0 Å². The first kappa shape index (κ1) is 13.9. The zero-order valence-electron chi connectivity index (χ0n) is 12.1. The van der Waals surface area contributed by atoms with Gasteiger partial charge in [-0.15, -0.1) is 12.3 Å². The van der Waals surface area contributed by atoms with Crippen LogP contribution >= 0.6 is 0 Å². The van der Waals surface area contributed by atoms with E-state index in [0.29, 0.717) is 5.92 Å². The summed E-state index contributed by atoms with van der Waals surface area (Å²) in [5, 5.41) is 0. The summed E-state index contributed by atoms with van der Waals surface area (Å²) in [5.74, 6) is 5.23. The van der Waals surface area contributed by atoms with Gasteiger partial charge in [0.15, 0.2) is 0 Å². The Hall–Kier alpha value is -1.49. The molecular formula is C17H24N2. The van der Waals surface area contributed by atoms with Gasteiger partial charge < -0.3 is 4.90 Å². The molecule has 0 aliphatic carbocycles. The van der Waals surface area contributed by atoms with Gasteiger partial charge in [0, 0.05) is 25.7 Å². The molecule has 2 heteroatoms. The van der Waals surface area contributed by atoms with Crippen LogP contribution in [0.15, 0.2) is 18.3 Å². The van der Waals surface area contributed by atoms with Crippen LogP contribution in [0.3, 0.4) is 0 Å². The molecule has 1 aromatic heterocycles. The van der Waals surface area contributed by atoms with Gasteiger partial charge >= 0.3 is 0 Å². The summed E-state index contributed by atoms with van der Waals surface area (Å²) in [6.45, 7) is 6.63. The maximum atomic E-state index is 5.33. The topological polar surface area (TPSA) is 16.1 Å². The van der Waals surface area contributed by atoms with Gasteiger partial charge in [0.1, 0.15) is 5.82 Å². The number of aromatic nitrogens is 1. The molecule has 0 N–H and O–H groups in total. The molecule has 0 amide bonds. The fraction of sp³-hybridized carbons (Fsp3) is 0.588. The van der Waals surface area contributed by atoms with Crippen molar-refractivity contribution in [3.05, 3.63) is 23.9 Å². The van der Waals surface area contributed by atoms with E-state index in [1.165, 1.54) is 24.8 Å². The SMILES string of the molecule is C#CCCC1CCN(c2ccc(C(C)C)cn2)CC1. The van der Waals surface area contributed by atoms with Crippen LogP contribution in [-0.2, 0) is 0 Å². The molecule has 0 atom stereocenters. The molecule has 0 radical (unpaired) electrons. The molecule has 2 heterocycles. The minimum atomic E-state index is 0.552. The van der Waals surface area contributed by atoms with Crippen molar-refractivity contribution in [2.75, 3.05) is 18.0 Å². The van der Waals surface area contributed by atoms with Crippen molar-refractivity contribution in [2.45, 2.75) is 45.4 Å². The van der Waals surface area contributed by atoms with E-state index in [2.05, 4.69) is 41.8 Å². The maximum Gasteiger partial charge on any atom is 0.128 e. The minimum absolute atomic E-state index is 0.552. The highest BCUT2D eigenvalue weighted by molar-refractivity contribution is 5.40. The van der Waals surface area contributed by atoms with E-state index in [1.807, 2.05) is 6.20 Å². The summed E-state index contributed by atoms with van der Waals surface area (Å²) in [4.78, 5) is 7.00. The largest absolute Gasteiger partial charge is 0.357 e. The van der Waals surface area contributed by atoms with Crippen LogP contribution in [-0.4, -0.2) is 18.1 Å². The second-order valence-corrected chi connectivity index (χ2v) is 5.78. The van der Waals surface area contributed by atoms with Gasteiger partial charge in [-0.05, 0) is 42.7 Å². The molecule has 1 aliphatic rings. The standard InChI is InChI=1S/C17H24N2/c1-4-5-6-15-9-11-19(12-10-15)17-8-7-16(13-18-17)14(2)3/h1,7-8,13-15H,5-6,9-12H2,2-3H3. The van der Waals surface area contributed by atoms with Gasteiger partial charge in [-0.1, -0.05) is 19.9 Å². The molecule has 1 saturated heterocycles. The fourth-order valence-corrected chi connectivity index (χ4v) is 2.66. The molecule has 0 saturated carbocycles. The lowest BCUT2D eigenvalue weighted by molar-refractivity contribution is 0.384. The van der Waals surface area contributed by atoms with Crippen molar-refractivity contribution >= 4 is 5.82 Å². The van der Waals surface area contributed by atoms with E-state index in [9.17, 15) is 0 Å². The molecule has 19 heavy (non-hydrogen) atoms. The summed E-state index contributed by atoms with van der Waals surface area (Å²) in [7, 11) is 0. The average molecular weight is 256 g/mol. The Labute approximate surface area is 117 Å². The summed E-state index contributed by atoms with van der Waals surface area (Å²) in [5.41, 5.74) is 1.31. The molecule has 2 rings (SSSR count). The number of terminal acetylenes is 1. The minimum Gasteiger partial charge on any atom is -0.357 e. The Balaban J connectivity index is 1.89. The zero-order valence-corrected chi connectivity index (χ0v) is 12.1. The van der Waals surface area contributed by atoms with Crippen molar-refractivity contribution in [3.8, 4) is 12.3 Å². The normalized spacial score (nSPS) is 16.6. The third-order valence-corrected chi connectivity index (χ3v) is 4.07. The van der Waals surface area contributed by atoms with Gasteiger partial charge in [0.2, 0.25) is 0 Å². The van der Waals surface area contributed by atoms with Gasteiger partial charge in [0.05, 0.1) is 0 Å². The lowest BCUT2D eigenvalue weighted by Crippen LogP contribution is -2.34. The number of pyridine rings is 1. The Morgan fingerprint density at radius 1 is 1.37 bits per heavy atom. The van der Waals surface area contributed by atoms with Crippen LogP contribution in [0, 0.1) is 18.3 Å². The van der Waals surface area contributed by atoms with Gasteiger partial charge in [0.25, 0.3) is 0 Å². The zero-order chi connectivity index (χ0) is 13.7. The van der Waals surface area contributed by atoms with Crippen LogP contribution in [0.5, 0.6) is 0 Å². The van der Waals surface area contributed by atoms with E-state index in [4.69, 9.17) is 6.42 Å². The number of rotatable bonds is 4. The summed E-state index contributed by atoms with van der Waals surface area (Å²) in [6, 6.07) is 4.37. The molecule has 0 unspecified atom stereocenters. The van der Waals surface area contributed by atoms with E-state index in [0.717, 1.165) is 31.2 Å². The highest BCUT2D eigenvalue weighted by atomic mass is 15.2. The molecule has 0 spiro atoms. The van der Waals surface area contributed by atoms with Crippen LogP contribution in [0.4, 0.5) is 5.82 Å². The molecule has 1 aromatic rings. The Bertz CT molecular complexity index is 420. The van der Waals surface area contributed by atoms with Gasteiger partial charge in [-0.3, -0.25) is 0 Å². The van der Waals surface area contributed by atoms with E-state index < -0.39 is 0 Å². The quantitative estimate of drug-likeness (QED) is 0.761. The Morgan fingerprint density at radius 2 is 2.11 bits per heavy atom. The van der Waals surface area contributed by atoms with Crippen LogP contribution in [0.25, 0.3) is 0 Å². The molecule has 0 bridgehead atoms. The first-order valence-corrected chi connectivity index (χ1v) is 7.35. The first-order valence-electron chi connectivity index (χ1n) is 7.35. The molecule has 1 aliphatic heterocycles. The monoisotopic (exact) mass is 256 g/mol. The second kappa shape index (κ2) is 6.61. The molecule has 1 fully saturated rings. The predicted octanol–water partition coefficient (Wildman–Crippen LogP) is 3.83. The fourth-order valence-electron chi connectivity index (χ4n) is 2.66. The lowest BCUT2D eigenvalue weighted by atomic mass is 9.92. The number of hydrogen-bond donors (Lipinski definition) is 0. The number of nitrogens with zero attached hydrogens (tertiary/aromatic N) is 2. The van der Waals surface area contributed by atoms with Gasteiger partial charge in [-0.2, -0.15) is 0 Å². The Morgan fingerprint density at radius 3 is 2.63 bits per heavy atom. The average Bonchev–Trinajstić information content (AvgIpc) is 2.46. The third kappa shape index (κ3) is 3.73. The van der Waals surface area contributed by atoms with Crippen LogP contribution < -0.4 is 4.90 Å². The summed E-state index contributed by atoms with van der Waals surface area (Å²) in [6.07, 6.45) is 11.9. The number of anilines is 1. The summed E-state index contributed by atoms with van der Waals surface area (Å²) >= 11 is 0. The van der Waals surface area contributed by atoms with Gasteiger partial charge in [-0.25, -0.2) is 4.98 Å². The van der Waals surface area contributed by atoms with Crippen molar-refractivity contribution < 1.29 is 0 Å². The second-order valence-electron chi connectivity index (χ2n) is 5.78. The van der Waals surface area contributed by atoms with Crippen molar-refractivity contribution in [1.29, 1.82) is 0 Å². The third-order valence-electron chi connectivity index (χ3n) is 4.07. The maximum absolute atomic E-state index is 5.33. The lowest BCUT2D eigenvalue weighted by Gasteiger charge is -2.32. The first-order chi connectivity index (χ1) is 9.20. The van der Waals surface area contributed by atoms with Crippen molar-refractivity contribution in [2.24, 2.45) is 5.92 Å². The number of piperidine rings is 1. The highest BCUT2D eigenvalue weighted by Gasteiger charge is 2.19.